The van der Waals surface area contributed by atoms with Crippen LogP contribution in [0.3, 0.4) is 0 Å². The minimum atomic E-state index is -0.675. The van der Waals surface area contributed by atoms with Gasteiger partial charge in [-0.15, -0.1) is 0 Å². The molecular formula is C11H14N4O3. The molecule has 4 N–H and O–H groups in total. The smallest absolute Gasteiger partial charge is 0.254 e. The lowest BCUT2D eigenvalue weighted by Gasteiger charge is -2.34. The van der Waals surface area contributed by atoms with E-state index in [1.807, 2.05) is 0 Å². The highest BCUT2D eigenvalue weighted by Crippen LogP contribution is 2.08. The Balaban J connectivity index is 2.26. The van der Waals surface area contributed by atoms with E-state index in [2.05, 4.69) is 10.3 Å². The quantitative estimate of drug-likeness (QED) is 0.579. The van der Waals surface area contributed by atoms with Gasteiger partial charge in [0.05, 0.1) is 0 Å². The van der Waals surface area contributed by atoms with Crippen LogP contribution in [0.5, 0.6) is 0 Å². The molecule has 1 aliphatic heterocycles. The Morgan fingerprint density at radius 3 is 2.89 bits per heavy atom. The number of nitrogens with zero attached hydrogens (tertiary/aromatic N) is 1. The standard InChI is InChI=1S/C11H14N4O3/c12-10(17)8-6-13-3-4-15(8)11(18)7-1-2-14-9(16)5-7/h1-2,5,8,13H,3-4,6H2,(H2,12,17)(H,14,16). The number of aromatic nitrogens is 1. The minimum Gasteiger partial charge on any atom is -0.368 e. The number of pyridine rings is 1. The first-order valence-electron chi connectivity index (χ1n) is 5.59. The van der Waals surface area contributed by atoms with Crippen LogP contribution in [-0.4, -0.2) is 47.4 Å². The Bertz CT molecular complexity index is 525. The van der Waals surface area contributed by atoms with E-state index >= 15 is 0 Å². The summed E-state index contributed by atoms with van der Waals surface area (Å²) < 4.78 is 0. The number of aromatic amines is 1. The number of nitrogens with one attached hydrogen (secondary N) is 2. The average Bonchev–Trinajstić information content (AvgIpc) is 2.38. The van der Waals surface area contributed by atoms with Crippen molar-refractivity contribution in [3.63, 3.8) is 0 Å². The zero-order valence-corrected chi connectivity index (χ0v) is 9.68. The lowest BCUT2D eigenvalue weighted by Crippen LogP contribution is -2.58. The first-order valence-corrected chi connectivity index (χ1v) is 5.59. The molecule has 1 aromatic heterocycles. The number of amides is 2. The zero-order valence-electron chi connectivity index (χ0n) is 9.68. The Hall–Kier alpha value is -2.15. The van der Waals surface area contributed by atoms with Gasteiger partial charge in [0.15, 0.2) is 0 Å². The maximum absolute atomic E-state index is 12.2. The Morgan fingerprint density at radius 1 is 1.44 bits per heavy atom. The largest absolute Gasteiger partial charge is 0.368 e. The number of primary amides is 1. The predicted molar refractivity (Wildman–Crippen MR) is 64.0 cm³/mol. The summed E-state index contributed by atoms with van der Waals surface area (Å²) in [7, 11) is 0. The molecule has 0 saturated carbocycles. The summed E-state index contributed by atoms with van der Waals surface area (Å²) in [4.78, 5) is 38.5. The summed E-state index contributed by atoms with van der Waals surface area (Å²) in [6.45, 7) is 1.32. The summed E-state index contributed by atoms with van der Waals surface area (Å²) in [5, 5.41) is 3.00. The van der Waals surface area contributed by atoms with Gasteiger partial charge in [-0.05, 0) is 6.07 Å². The van der Waals surface area contributed by atoms with Crippen molar-refractivity contribution in [3.05, 3.63) is 34.2 Å². The van der Waals surface area contributed by atoms with Crippen LogP contribution in [0.25, 0.3) is 0 Å². The van der Waals surface area contributed by atoms with E-state index in [9.17, 15) is 14.4 Å². The van der Waals surface area contributed by atoms with E-state index in [0.29, 0.717) is 19.6 Å². The number of hydrogen-bond donors (Lipinski definition) is 3. The summed E-state index contributed by atoms with van der Waals surface area (Å²) in [5.41, 5.74) is 5.16. The number of H-pyrrole nitrogens is 1. The van der Waals surface area contributed by atoms with Gasteiger partial charge < -0.3 is 20.9 Å². The van der Waals surface area contributed by atoms with Gasteiger partial charge in [0.25, 0.3) is 5.91 Å². The fourth-order valence-corrected chi connectivity index (χ4v) is 1.95. The highest BCUT2D eigenvalue weighted by atomic mass is 16.2. The first kappa shape index (κ1) is 12.3. The number of nitrogens with two attached hydrogens (primary N) is 1. The molecule has 1 unspecified atom stereocenters. The highest BCUT2D eigenvalue weighted by molar-refractivity contribution is 5.97. The normalized spacial score (nSPS) is 19.6. The zero-order chi connectivity index (χ0) is 13.1. The van der Waals surface area contributed by atoms with Crippen molar-refractivity contribution in [2.24, 2.45) is 5.73 Å². The average molecular weight is 250 g/mol. The topological polar surface area (TPSA) is 108 Å². The number of hydrogen-bond acceptors (Lipinski definition) is 4. The van der Waals surface area contributed by atoms with Gasteiger partial charge in [0.1, 0.15) is 6.04 Å². The predicted octanol–water partition coefficient (Wildman–Crippen LogP) is -1.73. The van der Waals surface area contributed by atoms with Crippen molar-refractivity contribution in [3.8, 4) is 0 Å². The van der Waals surface area contributed by atoms with E-state index in [1.54, 1.807) is 0 Å². The lowest BCUT2D eigenvalue weighted by atomic mass is 10.1. The molecule has 1 atom stereocenters. The fourth-order valence-electron chi connectivity index (χ4n) is 1.95. The first-order chi connectivity index (χ1) is 8.59. The van der Waals surface area contributed by atoms with Crippen molar-refractivity contribution < 1.29 is 9.59 Å². The number of rotatable bonds is 2. The molecule has 0 radical (unpaired) electrons. The monoisotopic (exact) mass is 250 g/mol. The van der Waals surface area contributed by atoms with Crippen LogP contribution in [-0.2, 0) is 4.79 Å². The second-order valence-electron chi connectivity index (χ2n) is 4.06. The Morgan fingerprint density at radius 2 is 2.22 bits per heavy atom. The van der Waals surface area contributed by atoms with E-state index in [-0.39, 0.29) is 17.0 Å². The molecule has 0 bridgehead atoms. The Labute approximate surface area is 103 Å². The van der Waals surface area contributed by atoms with E-state index in [0.717, 1.165) is 0 Å². The minimum absolute atomic E-state index is 0.256. The third kappa shape index (κ3) is 2.40. The van der Waals surface area contributed by atoms with Gasteiger partial charge in [-0.2, -0.15) is 0 Å². The van der Waals surface area contributed by atoms with Crippen molar-refractivity contribution in [1.82, 2.24) is 15.2 Å². The molecule has 18 heavy (non-hydrogen) atoms. The van der Waals surface area contributed by atoms with Crippen LogP contribution in [0.1, 0.15) is 10.4 Å². The van der Waals surface area contributed by atoms with Crippen molar-refractivity contribution in [2.75, 3.05) is 19.6 Å². The van der Waals surface area contributed by atoms with Crippen LogP contribution in [0, 0.1) is 0 Å². The fraction of sp³-hybridized carbons (Fsp3) is 0.364. The molecule has 2 amide bonds. The van der Waals surface area contributed by atoms with Crippen LogP contribution in [0.15, 0.2) is 23.1 Å². The molecule has 1 aliphatic rings. The molecule has 0 spiro atoms. The molecule has 2 heterocycles. The second-order valence-corrected chi connectivity index (χ2v) is 4.06. The van der Waals surface area contributed by atoms with E-state index in [1.165, 1.54) is 23.2 Å². The highest BCUT2D eigenvalue weighted by Gasteiger charge is 2.31. The number of carbonyl (C=O) groups is 2. The van der Waals surface area contributed by atoms with Gasteiger partial charge in [0, 0.05) is 37.5 Å². The molecule has 0 aromatic carbocycles. The summed E-state index contributed by atoms with van der Waals surface area (Å²) in [6.07, 6.45) is 1.40. The van der Waals surface area contributed by atoms with Gasteiger partial charge >= 0.3 is 0 Å². The van der Waals surface area contributed by atoms with Crippen LogP contribution >= 0.6 is 0 Å². The molecule has 7 heteroatoms. The molecule has 0 aliphatic carbocycles. The number of piperazine rings is 1. The van der Waals surface area contributed by atoms with Gasteiger partial charge in [-0.25, -0.2) is 0 Å². The maximum Gasteiger partial charge on any atom is 0.254 e. The Kier molecular flexibility index (Phi) is 3.42. The van der Waals surface area contributed by atoms with Crippen molar-refractivity contribution >= 4 is 11.8 Å². The molecule has 7 nitrogen and oxygen atoms in total. The third-order valence-electron chi connectivity index (χ3n) is 2.85. The maximum atomic E-state index is 12.2. The van der Waals surface area contributed by atoms with E-state index in [4.69, 9.17) is 5.73 Å². The summed E-state index contributed by atoms with van der Waals surface area (Å²) in [5.74, 6) is -0.910. The van der Waals surface area contributed by atoms with Gasteiger partial charge in [-0.1, -0.05) is 0 Å². The van der Waals surface area contributed by atoms with Crippen LogP contribution in [0.4, 0.5) is 0 Å². The van der Waals surface area contributed by atoms with Crippen LogP contribution in [0.2, 0.25) is 0 Å². The molecule has 2 rings (SSSR count). The van der Waals surface area contributed by atoms with Crippen LogP contribution < -0.4 is 16.6 Å². The molecule has 1 saturated heterocycles. The number of carbonyl (C=O) groups excluding carboxylic acids is 2. The molecular weight excluding hydrogens is 236 g/mol. The molecule has 96 valence electrons. The van der Waals surface area contributed by atoms with Crippen molar-refractivity contribution in [1.29, 1.82) is 0 Å². The second kappa shape index (κ2) is 5.01. The van der Waals surface area contributed by atoms with Gasteiger partial charge in [0.2, 0.25) is 11.5 Å². The SMILES string of the molecule is NC(=O)C1CNCCN1C(=O)c1cc[nH]c(=O)c1. The molecule has 1 aromatic rings. The molecule has 1 fully saturated rings. The summed E-state index contributed by atoms with van der Waals surface area (Å²) in [6, 6.07) is 2.04. The van der Waals surface area contributed by atoms with E-state index < -0.39 is 11.9 Å². The third-order valence-corrected chi connectivity index (χ3v) is 2.85. The van der Waals surface area contributed by atoms with Crippen molar-refractivity contribution in [2.45, 2.75) is 6.04 Å². The lowest BCUT2D eigenvalue weighted by molar-refractivity contribution is -0.122. The van der Waals surface area contributed by atoms with Gasteiger partial charge in [-0.3, -0.25) is 14.4 Å². The summed E-state index contributed by atoms with van der Waals surface area (Å²) >= 11 is 0.